The molecular weight excluding hydrogens is 283 g/mol. The molecule has 0 fully saturated rings. The van der Waals surface area contributed by atoms with Crippen LogP contribution in [-0.4, -0.2) is 32.0 Å². The highest BCUT2D eigenvalue weighted by Crippen LogP contribution is 2.53. The van der Waals surface area contributed by atoms with Crippen molar-refractivity contribution >= 4 is 11.1 Å². The van der Waals surface area contributed by atoms with Gasteiger partial charge in [-0.1, -0.05) is 0 Å². The van der Waals surface area contributed by atoms with Gasteiger partial charge in [-0.15, -0.1) is 0 Å². The molecule has 98 valence electrons. The molecule has 2 nitrogen and oxygen atoms in total. The predicted molar refractivity (Wildman–Crippen MR) is 31.7 cm³/mol. The maximum atomic E-state index is 12.2. The zero-order chi connectivity index (χ0) is 13.6. The first-order chi connectivity index (χ1) is 6.69. The van der Waals surface area contributed by atoms with Gasteiger partial charge in [0.05, 0.1) is 0 Å². The van der Waals surface area contributed by atoms with Gasteiger partial charge in [0.1, 0.15) is 0 Å². The van der Waals surface area contributed by atoms with Crippen LogP contribution in [0.15, 0.2) is 0 Å². The van der Waals surface area contributed by atoms with Crippen molar-refractivity contribution in [1.82, 2.24) is 0 Å². The van der Waals surface area contributed by atoms with Crippen molar-refractivity contribution in [3.63, 3.8) is 0 Å². The zero-order valence-corrected chi connectivity index (χ0v) is 7.48. The quantitative estimate of drug-likeness (QED) is 0.639. The number of hydrogen-bond acceptors (Lipinski definition) is 1. The molecule has 1 atom stereocenters. The number of alkyl halides is 9. The molecule has 1 unspecified atom stereocenters. The van der Waals surface area contributed by atoms with Gasteiger partial charge in [0.15, 0.2) is 0 Å². The van der Waals surface area contributed by atoms with Crippen molar-refractivity contribution in [2.75, 3.05) is 0 Å². The standard InChI is InChI=1S/C4HF9O2S/c5-1(6,3(9,10)11)2(7,8)4(12,13)16(14)15/h(H,14,15). The fraction of sp³-hybridized carbons (Fsp3) is 1.00. The third-order valence-electron chi connectivity index (χ3n) is 1.34. The summed E-state index contributed by atoms with van der Waals surface area (Å²) in [5.74, 6) is -14.2. The molecule has 0 radical (unpaired) electrons. The second-order valence-corrected chi connectivity index (χ2v) is 3.42. The van der Waals surface area contributed by atoms with E-state index in [4.69, 9.17) is 4.55 Å². The summed E-state index contributed by atoms with van der Waals surface area (Å²) in [6.45, 7) is 0. The molecule has 0 aliphatic rings. The highest BCUT2D eigenvalue weighted by Gasteiger charge is 2.83. The molecule has 0 heterocycles. The Hall–Kier alpha value is -0.520. The van der Waals surface area contributed by atoms with Gasteiger partial charge in [-0.05, 0) is 0 Å². The first kappa shape index (κ1) is 15.5. The highest BCUT2D eigenvalue weighted by molar-refractivity contribution is 7.80. The summed E-state index contributed by atoms with van der Waals surface area (Å²) in [5, 5.41) is -6.44. The Balaban J connectivity index is 5.62. The maximum Gasteiger partial charge on any atom is 0.460 e. The molecule has 0 rings (SSSR count). The zero-order valence-electron chi connectivity index (χ0n) is 6.67. The van der Waals surface area contributed by atoms with Crippen molar-refractivity contribution in [2.45, 2.75) is 23.3 Å². The van der Waals surface area contributed by atoms with Gasteiger partial charge >= 0.3 is 23.3 Å². The van der Waals surface area contributed by atoms with E-state index in [9.17, 15) is 43.7 Å². The lowest BCUT2D eigenvalue weighted by Crippen LogP contribution is -2.62. The summed E-state index contributed by atoms with van der Waals surface area (Å²) in [4.78, 5) is 0. The van der Waals surface area contributed by atoms with Gasteiger partial charge in [0.2, 0.25) is 11.1 Å². The normalized spacial score (nSPS) is 17.4. The highest BCUT2D eigenvalue weighted by atomic mass is 32.2. The molecule has 0 saturated heterocycles. The topological polar surface area (TPSA) is 37.3 Å². The maximum absolute atomic E-state index is 12.2. The molecule has 0 aromatic carbocycles. The minimum Gasteiger partial charge on any atom is -0.301 e. The van der Waals surface area contributed by atoms with Crippen LogP contribution in [0.2, 0.25) is 0 Å². The SMILES string of the molecule is O=S(O)C(F)(F)C(F)(F)C(F)(F)C(F)(F)F. The monoisotopic (exact) mass is 284 g/mol. The second-order valence-electron chi connectivity index (χ2n) is 2.41. The molecule has 0 aliphatic heterocycles. The van der Waals surface area contributed by atoms with Crippen LogP contribution in [0, 0.1) is 0 Å². The van der Waals surface area contributed by atoms with E-state index in [2.05, 4.69) is 0 Å². The number of rotatable bonds is 3. The first-order valence-electron chi connectivity index (χ1n) is 3.00. The van der Waals surface area contributed by atoms with Crippen LogP contribution in [0.25, 0.3) is 0 Å². The molecule has 0 amide bonds. The average Bonchev–Trinajstić information content (AvgIpc) is 2.00. The molecule has 0 bridgehead atoms. The smallest absolute Gasteiger partial charge is 0.301 e. The summed E-state index contributed by atoms with van der Waals surface area (Å²) < 4.78 is 124. The van der Waals surface area contributed by atoms with Crippen molar-refractivity contribution < 1.29 is 48.3 Å². The van der Waals surface area contributed by atoms with Gasteiger partial charge in [-0.2, -0.15) is 39.5 Å². The fourth-order valence-electron chi connectivity index (χ4n) is 0.470. The van der Waals surface area contributed by atoms with E-state index < -0.39 is 34.4 Å². The van der Waals surface area contributed by atoms with E-state index >= 15 is 0 Å². The van der Waals surface area contributed by atoms with Crippen LogP contribution in [0.4, 0.5) is 39.5 Å². The predicted octanol–water partition coefficient (Wildman–Crippen LogP) is 2.63. The Morgan fingerprint density at radius 2 is 1.06 bits per heavy atom. The summed E-state index contributed by atoms with van der Waals surface area (Å²) >= 11 is -4.89. The summed E-state index contributed by atoms with van der Waals surface area (Å²) in [6.07, 6.45) is -6.99. The van der Waals surface area contributed by atoms with Gasteiger partial charge in [-0.3, -0.25) is 0 Å². The molecule has 16 heavy (non-hydrogen) atoms. The van der Waals surface area contributed by atoms with Crippen molar-refractivity contribution in [1.29, 1.82) is 0 Å². The first-order valence-corrected chi connectivity index (χ1v) is 4.11. The van der Waals surface area contributed by atoms with Crippen molar-refractivity contribution in [3.8, 4) is 0 Å². The largest absolute Gasteiger partial charge is 0.460 e. The molecule has 0 aliphatic carbocycles. The summed E-state index contributed by atoms with van der Waals surface area (Å²) in [7, 11) is 0. The Morgan fingerprint density at radius 1 is 0.750 bits per heavy atom. The lowest BCUT2D eigenvalue weighted by atomic mass is 10.1. The molecule has 1 N–H and O–H groups in total. The van der Waals surface area contributed by atoms with Crippen LogP contribution in [-0.2, 0) is 11.1 Å². The molecule has 0 aromatic rings. The minimum absolute atomic E-state index is 4.89. The van der Waals surface area contributed by atoms with Crippen LogP contribution < -0.4 is 0 Å². The van der Waals surface area contributed by atoms with E-state index in [-0.39, 0.29) is 0 Å². The minimum atomic E-state index is -7.14. The van der Waals surface area contributed by atoms with Gasteiger partial charge in [0, 0.05) is 0 Å². The lowest BCUT2D eigenvalue weighted by Gasteiger charge is -2.31. The Labute approximate surface area is 83.7 Å². The van der Waals surface area contributed by atoms with Gasteiger partial charge in [0.25, 0.3) is 0 Å². The number of halogens is 9. The third-order valence-corrected chi connectivity index (χ3v) is 2.03. The van der Waals surface area contributed by atoms with Crippen molar-refractivity contribution in [2.24, 2.45) is 0 Å². The lowest BCUT2D eigenvalue weighted by molar-refractivity contribution is -0.382. The van der Waals surface area contributed by atoms with Crippen LogP contribution >= 0.6 is 0 Å². The number of hydrogen-bond donors (Lipinski definition) is 1. The average molecular weight is 284 g/mol. The Bertz CT molecular complexity index is 294. The van der Waals surface area contributed by atoms with Crippen LogP contribution in [0.3, 0.4) is 0 Å². The van der Waals surface area contributed by atoms with Crippen molar-refractivity contribution in [3.05, 3.63) is 0 Å². The van der Waals surface area contributed by atoms with E-state index in [1.54, 1.807) is 0 Å². The Kier molecular flexibility index (Phi) is 3.63. The summed E-state index contributed by atoms with van der Waals surface area (Å²) in [5.41, 5.74) is 0. The fourth-order valence-corrected chi connectivity index (χ4v) is 0.818. The van der Waals surface area contributed by atoms with Crippen LogP contribution in [0.5, 0.6) is 0 Å². The molecule has 0 aromatic heterocycles. The van der Waals surface area contributed by atoms with E-state index in [1.165, 1.54) is 0 Å². The molecule has 0 saturated carbocycles. The van der Waals surface area contributed by atoms with Gasteiger partial charge < -0.3 is 4.55 Å². The second kappa shape index (κ2) is 3.75. The molecular formula is C4HF9O2S. The molecule has 12 heteroatoms. The van der Waals surface area contributed by atoms with E-state index in [0.717, 1.165) is 0 Å². The summed E-state index contributed by atoms with van der Waals surface area (Å²) in [6, 6.07) is 0. The molecule has 0 spiro atoms. The van der Waals surface area contributed by atoms with Crippen LogP contribution in [0.1, 0.15) is 0 Å². The third kappa shape index (κ3) is 1.99. The van der Waals surface area contributed by atoms with E-state index in [1.807, 2.05) is 0 Å². The van der Waals surface area contributed by atoms with Gasteiger partial charge in [-0.25, -0.2) is 4.21 Å². The van der Waals surface area contributed by atoms with E-state index in [0.29, 0.717) is 0 Å². The Morgan fingerprint density at radius 3 is 1.25 bits per heavy atom.